The Bertz CT molecular complexity index is 510. The van der Waals surface area contributed by atoms with Crippen LogP contribution in [-0.2, 0) is 15.8 Å². The molecule has 0 saturated carbocycles. The van der Waals surface area contributed by atoms with E-state index in [1.165, 1.54) is 18.0 Å². The Hall–Kier alpha value is -1.99. The molecule has 1 aliphatic rings. The number of alkyl halides is 3. The van der Waals surface area contributed by atoms with E-state index in [9.17, 15) is 22.8 Å². The molecule has 1 atom stereocenters. The van der Waals surface area contributed by atoms with Crippen LogP contribution in [0.1, 0.15) is 18.5 Å². The maximum Gasteiger partial charge on any atom is 0.431 e. The summed E-state index contributed by atoms with van der Waals surface area (Å²) in [5.74, 6) is -0.680. The summed E-state index contributed by atoms with van der Waals surface area (Å²) in [7, 11) is 1.51. The molecule has 5 nitrogen and oxygen atoms in total. The van der Waals surface area contributed by atoms with Crippen LogP contribution in [0.5, 0.6) is 0 Å². The second-order valence-electron chi connectivity index (χ2n) is 4.33. The smallest absolute Gasteiger partial charge is 0.349 e. The third-order valence-corrected chi connectivity index (χ3v) is 3.03. The summed E-state index contributed by atoms with van der Waals surface area (Å²) in [5.41, 5.74) is -0.873. The molecule has 1 saturated heterocycles. The summed E-state index contributed by atoms with van der Waals surface area (Å²) >= 11 is 0. The molecule has 2 heterocycles. The zero-order valence-corrected chi connectivity index (χ0v) is 10.0. The summed E-state index contributed by atoms with van der Waals surface area (Å²) < 4.78 is 37.4. The van der Waals surface area contributed by atoms with Gasteiger partial charge in [0.2, 0.25) is 11.8 Å². The number of nitrogens with zero attached hydrogens (tertiary/aromatic N) is 1. The molecular weight excluding hydrogens is 263 g/mol. The highest BCUT2D eigenvalue weighted by Gasteiger charge is 2.34. The molecule has 1 aliphatic heterocycles. The first-order valence-corrected chi connectivity index (χ1v) is 5.62. The predicted octanol–water partition coefficient (Wildman–Crippen LogP) is 1.27. The number of carbonyl (C=O) groups excluding carboxylic acids is 2. The number of hydrogen-bond acceptors (Lipinski definition) is 3. The number of imide groups is 1. The number of anilines is 1. The van der Waals surface area contributed by atoms with Crippen molar-refractivity contribution in [3.05, 3.63) is 17.8 Å². The molecule has 1 aromatic rings. The molecule has 2 rings (SSSR count). The van der Waals surface area contributed by atoms with E-state index in [-0.39, 0.29) is 24.6 Å². The van der Waals surface area contributed by atoms with Crippen molar-refractivity contribution in [2.75, 3.05) is 11.9 Å². The van der Waals surface area contributed by atoms with Gasteiger partial charge in [0.15, 0.2) is 0 Å². The van der Waals surface area contributed by atoms with E-state index in [2.05, 4.69) is 10.3 Å². The number of halogens is 3. The molecule has 0 spiro atoms. The minimum atomic E-state index is -4.45. The van der Waals surface area contributed by atoms with Crippen LogP contribution in [0, 0.1) is 0 Å². The molecule has 0 aromatic carbocycles. The number of nitrogens with one attached hydrogen (secondary N) is 2. The van der Waals surface area contributed by atoms with Crippen LogP contribution in [-0.4, -0.2) is 29.9 Å². The first kappa shape index (κ1) is 13.4. The summed E-state index contributed by atoms with van der Waals surface area (Å²) in [5, 5.41) is 2.16. The Morgan fingerprint density at radius 3 is 2.53 bits per heavy atom. The van der Waals surface area contributed by atoms with Gasteiger partial charge >= 0.3 is 6.18 Å². The SMILES string of the molecule is CN(c1ccc(C(F)(F)F)[nH]1)C1CCC(=O)NC1=O. The average molecular weight is 275 g/mol. The molecule has 2 amide bonds. The Morgan fingerprint density at radius 1 is 1.32 bits per heavy atom. The maximum absolute atomic E-state index is 12.5. The van der Waals surface area contributed by atoms with Gasteiger partial charge in [-0.2, -0.15) is 13.2 Å². The van der Waals surface area contributed by atoms with Crippen molar-refractivity contribution in [1.29, 1.82) is 0 Å². The van der Waals surface area contributed by atoms with E-state index in [1.54, 1.807) is 0 Å². The van der Waals surface area contributed by atoms with Gasteiger partial charge in [-0.05, 0) is 18.6 Å². The fourth-order valence-corrected chi connectivity index (χ4v) is 1.97. The molecule has 0 aliphatic carbocycles. The van der Waals surface area contributed by atoms with Crippen molar-refractivity contribution in [2.24, 2.45) is 0 Å². The lowest BCUT2D eigenvalue weighted by Gasteiger charge is -2.30. The molecule has 19 heavy (non-hydrogen) atoms. The van der Waals surface area contributed by atoms with Gasteiger partial charge in [0.1, 0.15) is 17.6 Å². The van der Waals surface area contributed by atoms with E-state index in [0.29, 0.717) is 0 Å². The fourth-order valence-electron chi connectivity index (χ4n) is 1.97. The topological polar surface area (TPSA) is 65.2 Å². The van der Waals surface area contributed by atoms with E-state index in [4.69, 9.17) is 0 Å². The summed E-state index contributed by atoms with van der Waals surface area (Å²) in [6.45, 7) is 0. The zero-order valence-electron chi connectivity index (χ0n) is 10.0. The van der Waals surface area contributed by atoms with Crippen LogP contribution in [0.15, 0.2) is 12.1 Å². The summed E-state index contributed by atoms with van der Waals surface area (Å²) in [6, 6.07) is 1.52. The standard InChI is InChI=1S/C11H12F3N3O2/c1-17(6-2-5-9(18)16-10(6)19)8-4-3-7(15-8)11(12,13)14/h3-4,6,15H,2,5H2,1H3,(H,16,18,19). The van der Waals surface area contributed by atoms with E-state index >= 15 is 0 Å². The number of hydrogen-bond donors (Lipinski definition) is 2. The largest absolute Gasteiger partial charge is 0.431 e. The lowest BCUT2D eigenvalue weighted by atomic mass is 10.1. The van der Waals surface area contributed by atoms with Crippen LogP contribution < -0.4 is 10.2 Å². The summed E-state index contributed by atoms with van der Waals surface area (Å²) in [6.07, 6.45) is -4.00. The number of amides is 2. The predicted molar refractivity (Wildman–Crippen MR) is 60.4 cm³/mol. The van der Waals surface area contributed by atoms with Gasteiger partial charge in [-0.15, -0.1) is 0 Å². The molecule has 0 radical (unpaired) electrons. The maximum atomic E-state index is 12.5. The molecular formula is C11H12F3N3O2. The Kier molecular flexibility index (Phi) is 3.25. The van der Waals surface area contributed by atoms with E-state index < -0.39 is 23.8 Å². The highest BCUT2D eigenvalue weighted by Crippen LogP contribution is 2.30. The van der Waals surface area contributed by atoms with Gasteiger partial charge in [-0.25, -0.2) is 0 Å². The summed E-state index contributed by atoms with van der Waals surface area (Å²) in [4.78, 5) is 26.2. The molecule has 1 unspecified atom stereocenters. The molecule has 104 valence electrons. The number of rotatable bonds is 2. The minimum absolute atomic E-state index is 0.174. The van der Waals surface area contributed by atoms with Crippen LogP contribution in [0.3, 0.4) is 0 Å². The van der Waals surface area contributed by atoms with Crippen molar-refractivity contribution in [3.8, 4) is 0 Å². The highest BCUT2D eigenvalue weighted by molar-refractivity contribution is 6.01. The number of carbonyl (C=O) groups is 2. The van der Waals surface area contributed by atoms with Crippen LogP contribution in [0.4, 0.5) is 19.0 Å². The number of H-pyrrole nitrogens is 1. The second-order valence-corrected chi connectivity index (χ2v) is 4.33. The Labute approximate surface area is 106 Å². The van der Waals surface area contributed by atoms with Crippen LogP contribution >= 0.6 is 0 Å². The van der Waals surface area contributed by atoms with Gasteiger partial charge in [0.25, 0.3) is 0 Å². The zero-order chi connectivity index (χ0) is 14.2. The molecule has 1 aromatic heterocycles. The van der Waals surface area contributed by atoms with Gasteiger partial charge in [0, 0.05) is 13.5 Å². The van der Waals surface area contributed by atoms with Gasteiger partial charge in [-0.3, -0.25) is 14.9 Å². The van der Waals surface area contributed by atoms with Crippen LogP contribution in [0.25, 0.3) is 0 Å². The first-order chi connectivity index (χ1) is 8.79. The Balaban J connectivity index is 2.15. The van der Waals surface area contributed by atoms with Gasteiger partial charge < -0.3 is 9.88 Å². The molecule has 0 bridgehead atoms. The van der Waals surface area contributed by atoms with Gasteiger partial charge in [0.05, 0.1) is 0 Å². The lowest BCUT2D eigenvalue weighted by molar-refractivity contribution is -0.140. The fraction of sp³-hybridized carbons (Fsp3) is 0.455. The molecule has 2 N–H and O–H groups in total. The number of aromatic nitrogens is 1. The normalized spacial score (nSPS) is 20.3. The number of piperidine rings is 1. The average Bonchev–Trinajstić information content (AvgIpc) is 2.76. The number of aromatic amines is 1. The van der Waals surface area contributed by atoms with Crippen molar-refractivity contribution in [1.82, 2.24) is 10.3 Å². The third-order valence-electron chi connectivity index (χ3n) is 3.03. The molecule has 1 fully saturated rings. The van der Waals surface area contributed by atoms with E-state index in [1.807, 2.05) is 0 Å². The number of likely N-dealkylation sites (N-methyl/N-ethyl adjacent to an activating group) is 1. The van der Waals surface area contributed by atoms with Crippen molar-refractivity contribution in [3.63, 3.8) is 0 Å². The first-order valence-electron chi connectivity index (χ1n) is 5.62. The lowest BCUT2D eigenvalue weighted by Crippen LogP contribution is -2.51. The van der Waals surface area contributed by atoms with Crippen molar-refractivity contribution in [2.45, 2.75) is 25.1 Å². The minimum Gasteiger partial charge on any atom is -0.349 e. The molecule has 8 heteroatoms. The van der Waals surface area contributed by atoms with E-state index in [0.717, 1.165) is 6.07 Å². The van der Waals surface area contributed by atoms with Crippen LogP contribution in [0.2, 0.25) is 0 Å². The highest BCUT2D eigenvalue weighted by atomic mass is 19.4. The monoisotopic (exact) mass is 275 g/mol. The quantitative estimate of drug-likeness (QED) is 0.799. The van der Waals surface area contributed by atoms with Crippen molar-refractivity contribution < 1.29 is 22.8 Å². The van der Waals surface area contributed by atoms with Gasteiger partial charge in [-0.1, -0.05) is 0 Å². The third kappa shape index (κ3) is 2.72. The second kappa shape index (κ2) is 4.60. The Morgan fingerprint density at radius 2 is 2.00 bits per heavy atom. The van der Waals surface area contributed by atoms with Crippen molar-refractivity contribution >= 4 is 17.6 Å².